The average molecular weight is 323 g/mol. The summed E-state index contributed by atoms with van der Waals surface area (Å²) in [4.78, 5) is 0. The molecule has 2 nitrogen and oxygen atoms in total. The second kappa shape index (κ2) is 5.60. The lowest BCUT2D eigenvalue weighted by molar-refractivity contribution is 0.255. The number of hydrogen-bond acceptors (Lipinski definition) is 2. The molecule has 2 aliphatic carbocycles. The first-order valence-corrected chi connectivity index (χ1v) is 9.69. The molecule has 0 amide bonds. The van der Waals surface area contributed by atoms with Crippen LogP contribution in [-0.2, 0) is 9.84 Å². The third kappa shape index (κ3) is 3.25. The van der Waals surface area contributed by atoms with Gasteiger partial charge in [-0.2, -0.15) is 0 Å². The molecular formula is C13H23BrO2S. The summed E-state index contributed by atoms with van der Waals surface area (Å²) in [5.41, 5.74) is 0.0413. The van der Waals surface area contributed by atoms with E-state index in [4.69, 9.17) is 0 Å². The molecule has 2 fully saturated rings. The molecule has 0 saturated heterocycles. The van der Waals surface area contributed by atoms with Crippen LogP contribution in [0.2, 0.25) is 0 Å². The first kappa shape index (κ1) is 13.9. The summed E-state index contributed by atoms with van der Waals surface area (Å²) in [6, 6.07) is 0. The third-order valence-electron chi connectivity index (χ3n) is 4.52. The summed E-state index contributed by atoms with van der Waals surface area (Å²) >= 11 is 3.56. The molecule has 0 spiro atoms. The second-order valence-corrected chi connectivity index (χ2v) is 8.75. The fourth-order valence-electron chi connectivity index (χ4n) is 3.41. The minimum Gasteiger partial charge on any atom is -0.229 e. The van der Waals surface area contributed by atoms with Crippen molar-refractivity contribution >= 4 is 25.8 Å². The topological polar surface area (TPSA) is 34.1 Å². The average Bonchev–Trinajstić information content (AvgIpc) is 2.84. The van der Waals surface area contributed by atoms with Crippen LogP contribution in [0.4, 0.5) is 0 Å². The first-order chi connectivity index (χ1) is 8.08. The monoisotopic (exact) mass is 322 g/mol. The Labute approximate surface area is 114 Å². The fourth-order valence-corrected chi connectivity index (χ4v) is 6.96. The highest BCUT2D eigenvalue weighted by Gasteiger charge is 2.39. The smallest absolute Gasteiger partial charge is 0.153 e. The zero-order valence-electron chi connectivity index (χ0n) is 10.5. The Morgan fingerprint density at radius 1 is 1.00 bits per heavy atom. The van der Waals surface area contributed by atoms with Gasteiger partial charge < -0.3 is 0 Å². The van der Waals surface area contributed by atoms with Gasteiger partial charge in [0.25, 0.3) is 0 Å². The summed E-state index contributed by atoms with van der Waals surface area (Å²) in [6.07, 6.45) is 9.86. The molecule has 2 aliphatic rings. The molecule has 2 saturated carbocycles. The SMILES string of the molecule is O=S(=O)(CC1(CBr)CCCCC1)C1CCCC1. The van der Waals surface area contributed by atoms with Crippen molar-refractivity contribution in [3.63, 3.8) is 0 Å². The van der Waals surface area contributed by atoms with Crippen LogP contribution in [0.1, 0.15) is 57.8 Å². The van der Waals surface area contributed by atoms with Gasteiger partial charge in [-0.1, -0.05) is 48.0 Å². The van der Waals surface area contributed by atoms with Gasteiger partial charge in [-0.15, -0.1) is 0 Å². The highest BCUT2D eigenvalue weighted by atomic mass is 79.9. The number of hydrogen-bond donors (Lipinski definition) is 0. The van der Waals surface area contributed by atoms with Crippen molar-refractivity contribution < 1.29 is 8.42 Å². The van der Waals surface area contributed by atoms with Gasteiger partial charge in [-0.3, -0.25) is 0 Å². The molecule has 0 aromatic heterocycles. The molecule has 0 aromatic carbocycles. The molecule has 17 heavy (non-hydrogen) atoms. The predicted molar refractivity (Wildman–Crippen MR) is 75.4 cm³/mol. The predicted octanol–water partition coefficient (Wildman–Crippen LogP) is 3.69. The van der Waals surface area contributed by atoms with Crippen molar-refractivity contribution in [3.8, 4) is 0 Å². The maximum absolute atomic E-state index is 12.4. The van der Waals surface area contributed by atoms with Crippen LogP contribution in [-0.4, -0.2) is 24.8 Å². The Hall–Kier alpha value is 0.430. The van der Waals surface area contributed by atoms with Crippen LogP contribution in [0.25, 0.3) is 0 Å². The molecule has 0 N–H and O–H groups in total. The van der Waals surface area contributed by atoms with E-state index in [9.17, 15) is 8.42 Å². The maximum Gasteiger partial charge on any atom is 0.153 e. The van der Waals surface area contributed by atoms with E-state index in [-0.39, 0.29) is 10.7 Å². The van der Waals surface area contributed by atoms with Crippen LogP contribution < -0.4 is 0 Å². The molecule has 0 atom stereocenters. The second-order valence-electron chi connectivity index (χ2n) is 5.91. The van der Waals surface area contributed by atoms with Crippen LogP contribution >= 0.6 is 15.9 Å². The van der Waals surface area contributed by atoms with E-state index in [1.165, 1.54) is 19.3 Å². The summed E-state index contributed by atoms with van der Waals surface area (Å²) in [7, 11) is -2.86. The number of alkyl halides is 1. The van der Waals surface area contributed by atoms with E-state index >= 15 is 0 Å². The molecule has 2 rings (SSSR count). The van der Waals surface area contributed by atoms with E-state index in [1.807, 2.05) is 0 Å². The zero-order valence-corrected chi connectivity index (χ0v) is 12.9. The molecule has 0 unspecified atom stereocenters. The van der Waals surface area contributed by atoms with Crippen LogP contribution in [0.15, 0.2) is 0 Å². The third-order valence-corrected chi connectivity index (χ3v) is 8.21. The molecule has 100 valence electrons. The lowest BCUT2D eigenvalue weighted by Gasteiger charge is -2.36. The lowest BCUT2D eigenvalue weighted by Crippen LogP contribution is -2.37. The first-order valence-electron chi connectivity index (χ1n) is 6.86. The minimum atomic E-state index is -2.86. The molecular weight excluding hydrogens is 300 g/mol. The minimum absolute atomic E-state index is 0.0275. The molecule has 0 aromatic rings. The van der Waals surface area contributed by atoms with Gasteiger partial charge in [-0.25, -0.2) is 8.42 Å². The summed E-state index contributed by atoms with van der Waals surface area (Å²) < 4.78 is 24.9. The van der Waals surface area contributed by atoms with Crippen LogP contribution in [0.3, 0.4) is 0 Å². The fraction of sp³-hybridized carbons (Fsp3) is 1.00. The van der Waals surface area contributed by atoms with Gasteiger partial charge in [0.05, 0.1) is 11.0 Å². The quantitative estimate of drug-likeness (QED) is 0.740. The van der Waals surface area contributed by atoms with Crippen molar-refractivity contribution in [1.82, 2.24) is 0 Å². The van der Waals surface area contributed by atoms with E-state index in [0.717, 1.165) is 43.9 Å². The van der Waals surface area contributed by atoms with Crippen molar-refractivity contribution in [1.29, 1.82) is 0 Å². The number of halogens is 1. The Morgan fingerprint density at radius 3 is 2.12 bits per heavy atom. The van der Waals surface area contributed by atoms with Crippen molar-refractivity contribution in [3.05, 3.63) is 0 Å². The van der Waals surface area contributed by atoms with Crippen LogP contribution in [0.5, 0.6) is 0 Å². The van der Waals surface area contributed by atoms with Gasteiger partial charge in [0.15, 0.2) is 9.84 Å². The summed E-state index contributed by atoms with van der Waals surface area (Å²) in [5, 5.41) is 0.826. The normalized spacial score (nSPS) is 26.2. The molecule has 4 heteroatoms. The van der Waals surface area contributed by atoms with E-state index in [2.05, 4.69) is 15.9 Å². The Morgan fingerprint density at radius 2 is 1.59 bits per heavy atom. The Balaban J connectivity index is 2.06. The highest BCUT2D eigenvalue weighted by Crippen LogP contribution is 2.40. The van der Waals surface area contributed by atoms with Gasteiger partial charge in [0.2, 0.25) is 0 Å². The van der Waals surface area contributed by atoms with Gasteiger partial charge in [0, 0.05) is 5.33 Å². The van der Waals surface area contributed by atoms with Crippen molar-refractivity contribution in [2.75, 3.05) is 11.1 Å². The van der Waals surface area contributed by atoms with Gasteiger partial charge in [0.1, 0.15) is 0 Å². The largest absolute Gasteiger partial charge is 0.229 e. The Bertz CT molecular complexity index is 338. The highest BCUT2D eigenvalue weighted by molar-refractivity contribution is 9.09. The maximum atomic E-state index is 12.4. The lowest BCUT2D eigenvalue weighted by atomic mass is 9.77. The summed E-state index contributed by atoms with van der Waals surface area (Å²) in [6.45, 7) is 0. The molecule has 0 heterocycles. The number of sulfone groups is 1. The van der Waals surface area contributed by atoms with Crippen molar-refractivity contribution in [2.24, 2.45) is 5.41 Å². The zero-order chi connectivity index (χ0) is 12.4. The van der Waals surface area contributed by atoms with E-state index < -0.39 is 9.84 Å². The number of rotatable bonds is 4. The van der Waals surface area contributed by atoms with Gasteiger partial charge in [-0.05, 0) is 31.1 Å². The molecule has 0 aliphatic heterocycles. The summed E-state index contributed by atoms with van der Waals surface area (Å²) in [5.74, 6) is 0.427. The van der Waals surface area contributed by atoms with E-state index in [1.54, 1.807) is 0 Å². The molecule has 0 bridgehead atoms. The van der Waals surface area contributed by atoms with E-state index in [0.29, 0.717) is 5.75 Å². The van der Waals surface area contributed by atoms with Crippen LogP contribution in [0, 0.1) is 5.41 Å². The van der Waals surface area contributed by atoms with Crippen molar-refractivity contribution in [2.45, 2.75) is 63.0 Å². The Kier molecular flexibility index (Phi) is 4.56. The standard InChI is InChI=1S/C13H23BrO2S/c14-10-13(8-4-1-5-9-13)11-17(15,16)12-6-2-3-7-12/h12H,1-11H2. The molecule has 0 radical (unpaired) electrons. The van der Waals surface area contributed by atoms with Gasteiger partial charge >= 0.3 is 0 Å².